The van der Waals surface area contributed by atoms with E-state index in [4.69, 9.17) is 9.47 Å². The Morgan fingerprint density at radius 2 is 1.84 bits per heavy atom. The molecule has 5 rings (SSSR count). The Bertz CT molecular complexity index is 1210. The summed E-state index contributed by atoms with van der Waals surface area (Å²) in [6.07, 6.45) is 1.48. The number of benzene rings is 2. The topological polar surface area (TPSA) is 86.6 Å². The minimum Gasteiger partial charge on any atom is -0.486 e. The molecule has 0 bridgehead atoms. The van der Waals surface area contributed by atoms with Gasteiger partial charge in [-0.05, 0) is 30.5 Å². The largest absolute Gasteiger partial charge is 0.486 e. The molecule has 2 aliphatic rings. The maximum Gasteiger partial charge on any atom is 0.243 e. The highest BCUT2D eigenvalue weighted by Gasteiger charge is 2.39. The molecule has 3 aromatic rings. The van der Waals surface area contributed by atoms with Crippen molar-refractivity contribution in [3.05, 3.63) is 59.9 Å². The van der Waals surface area contributed by atoms with Crippen LogP contribution in [0.15, 0.2) is 58.6 Å². The second-order valence-electron chi connectivity index (χ2n) is 7.75. The van der Waals surface area contributed by atoms with E-state index in [9.17, 15) is 8.42 Å². The van der Waals surface area contributed by atoms with E-state index in [1.807, 2.05) is 29.8 Å². The van der Waals surface area contributed by atoms with Crippen LogP contribution >= 0.6 is 11.8 Å². The molecular formula is C22H24N4O4S2. The first kappa shape index (κ1) is 21.3. The quantitative estimate of drug-likeness (QED) is 0.508. The SMILES string of the molecule is Cn1c(SCc2ccccc2)nnc1[C@@H]1CCCN1S(=O)(=O)c1ccc2c(c1)OCCO2. The van der Waals surface area contributed by atoms with Crippen LogP contribution in [-0.2, 0) is 22.8 Å². The predicted octanol–water partition coefficient (Wildman–Crippen LogP) is 3.40. The van der Waals surface area contributed by atoms with E-state index in [2.05, 4.69) is 22.3 Å². The summed E-state index contributed by atoms with van der Waals surface area (Å²) in [5.41, 5.74) is 1.20. The Kier molecular flexibility index (Phi) is 5.83. The minimum absolute atomic E-state index is 0.203. The third-order valence-corrected chi connectivity index (χ3v) is 8.70. The van der Waals surface area contributed by atoms with Gasteiger partial charge in [-0.2, -0.15) is 4.31 Å². The van der Waals surface area contributed by atoms with E-state index in [0.29, 0.717) is 43.5 Å². The van der Waals surface area contributed by atoms with Gasteiger partial charge in [0.2, 0.25) is 10.0 Å². The van der Waals surface area contributed by atoms with Gasteiger partial charge in [0.05, 0.1) is 10.9 Å². The Labute approximate surface area is 191 Å². The standard InChI is InChI=1S/C22H24N4O4S2/c1-25-21(23-24-22(25)31-15-16-6-3-2-4-7-16)18-8-5-11-26(18)32(27,28)17-9-10-19-20(14-17)30-13-12-29-19/h2-4,6-7,9-10,14,18H,5,8,11-13,15H2,1H3/t18-/m0/s1. The van der Waals surface area contributed by atoms with Crippen molar-refractivity contribution < 1.29 is 17.9 Å². The zero-order valence-corrected chi connectivity index (χ0v) is 19.3. The van der Waals surface area contributed by atoms with Crippen molar-refractivity contribution in [1.29, 1.82) is 0 Å². The lowest BCUT2D eigenvalue weighted by Crippen LogP contribution is -2.32. The van der Waals surface area contributed by atoms with Crippen LogP contribution in [0.5, 0.6) is 11.5 Å². The maximum atomic E-state index is 13.5. The number of sulfonamides is 1. The summed E-state index contributed by atoms with van der Waals surface area (Å²) >= 11 is 1.59. The van der Waals surface area contributed by atoms with E-state index in [1.54, 1.807) is 30.0 Å². The van der Waals surface area contributed by atoms with Gasteiger partial charge in [0.15, 0.2) is 22.5 Å². The van der Waals surface area contributed by atoms with Crippen molar-refractivity contribution in [2.75, 3.05) is 19.8 Å². The molecule has 1 saturated heterocycles. The number of hydrogen-bond acceptors (Lipinski definition) is 7. The van der Waals surface area contributed by atoms with E-state index in [0.717, 1.165) is 17.3 Å². The second kappa shape index (κ2) is 8.76. The molecule has 2 aliphatic heterocycles. The first-order chi connectivity index (χ1) is 15.5. The molecule has 2 aromatic carbocycles. The lowest BCUT2D eigenvalue weighted by molar-refractivity contribution is 0.171. The van der Waals surface area contributed by atoms with Crippen LogP contribution < -0.4 is 9.47 Å². The molecular weight excluding hydrogens is 448 g/mol. The molecule has 0 N–H and O–H groups in total. The van der Waals surface area contributed by atoms with Gasteiger partial charge in [-0.3, -0.25) is 0 Å². The number of thioether (sulfide) groups is 1. The van der Waals surface area contributed by atoms with E-state index >= 15 is 0 Å². The van der Waals surface area contributed by atoms with Gasteiger partial charge in [0, 0.05) is 25.4 Å². The van der Waals surface area contributed by atoms with Crippen LogP contribution in [0.25, 0.3) is 0 Å². The fourth-order valence-electron chi connectivity index (χ4n) is 4.07. The average Bonchev–Trinajstić information content (AvgIpc) is 3.45. The smallest absolute Gasteiger partial charge is 0.243 e. The van der Waals surface area contributed by atoms with Crippen molar-refractivity contribution in [3.63, 3.8) is 0 Å². The summed E-state index contributed by atoms with van der Waals surface area (Å²) in [4.78, 5) is 0.203. The first-order valence-electron chi connectivity index (χ1n) is 10.5. The van der Waals surface area contributed by atoms with Crippen LogP contribution in [0.3, 0.4) is 0 Å². The molecule has 8 nitrogen and oxygen atoms in total. The summed E-state index contributed by atoms with van der Waals surface area (Å²) in [5.74, 6) is 2.48. The molecule has 0 radical (unpaired) electrons. The van der Waals surface area contributed by atoms with Gasteiger partial charge >= 0.3 is 0 Å². The van der Waals surface area contributed by atoms with Gasteiger partial charge in [0.1, 0.15) is 13.2 Å². The van der Waals surface area contributed by atoms with Crippen molar-refractivity contribution in [2.45, 2.75) is 34.7 Å². The molecule has 0 saturated carbocycles. The second-order valence-corrected chi connectivity index (χ2v) is 10.6. The highest BCUT2D eigenvalue weighted by molar-refractivity contribution is 7.98. The number of rotatable bonds is 6. The monoisotopic (exact) mass is 472 g/mol. The van der Waals surface area contributed by atoms with Gasteiger partial charge in [-0.15, -0.1) is 10.2 Å². The van der Waals surface area contributed by atoms with Gasteiger partial charge in [-0.25, -0.2) is 8.42 Å². The van der Waals surface area contributed by atoms with Crippen molar-refractivity contribution in [3.8, 4) is 11.5 Å². The maximum absolute atomic E-state index is 13.5. The first-order valence-corrected chi connectivity index (χ1v) is 12.9. The average molecular weight is 473 g/mol. The van der Waals surface area contributed by atoms with Crippen LogP contribution in [0.1, 0.15) is 30.3 Å². The number of nitrogens with zero attached hydrogens (tertiary/aromatic N) is 4. The summed E-state index contributed by atoms with van der Waals surface area (Å²) in [6.45, 7) is 1.32. The summed E-state index contributed by atoms with van der Waals surface area (Å²) in [5, 5.41) is 9.49. The molecule has 1 fully saturated rings. The molecule has 0 unspecified atom stereocenters. The Morgan fingerprint density at radius 1 is 1.06 bits per heavy atom. The summed E-state index contributed by atoms with van der Waals surface area (Å²) in [6, 6.07) is 14.6. The van der Waals surface area contributed by atoms with Crippen LogP contribution in [0.2, 0.25) is 0 Å². The molecule has 10 heteroatoms. The third-order valence-electron chi connectivity index (χ3n) is 5.70. The molecule has 0 aliphatic carbocycles. The lowest BCUT2D eigenvalue weighted by Gasteiger charge is -2.24. The molecule has 0 amide bonds. The highest BCUT2D eigenvalue weighted by atomic mass is 32.2. The molecule has 168 valence electrons. The molecule has 3 heterocycles. The van der Waals surface area contributed by atoms with Crippen LogP contribution in [0, 0.1) is 0 Å². The zero-order chi connectivity index (χ0) is 22.1. The number of hydrogen-bond donors (Lipinski definition) is 0. The summed E-state index contributed by atoms with van der Waals surface area (Å²) in [7, 11) is -1.82. The van der Waals surface area contributed by atoms with E-state index < -0.39 is 10.0 Å². The van der Waals surface area contributed by atoms with E-state index in [1.165, 1.54) is 9.87 Å². The Balaban J connectivity index is 1.38. The van der Waals surface area contributed by atoms with Crippen molar-refractivity contribution >= 4 is 21.8 Å². The zero-order valence-electron chi connectivity index (χ0n) is 17.7. The van der Waals surface area contributed by atoms with Gasteiger partial charge < -0.3 is 14.0 Å². The lowest BCUT2D eigenvalue weighted by atomic mass is 10.2. The van der Waals surface area contributed by atoms with Crippen LogP contribution in [0.4, 0.5) is 0 Å². The molecule has 0 spiro atoms. The van der Waals surface area contributed by atoms with E-state index in [-0.39, 0.29) is 10.9 Å². The number of ether oxygens (including phenoxy) is 2. The number of aromatic nitrogens is 3. The Hall–Kier alpha value is -2.56. The fraction of sp³-hybridized carbons (Fsp3) is 0.364. The fourth-order valence-corrected chi connectivity index (χ4v) is 6.61. The van der Waals surface area contributed by atoms with Crippen LogP contribution in [-0.4, -0.2) is 47.2 Å². The van der Waals surface area contributed by atoms with Crippen molar-refractivity contribution in [1.82, 2.24) is 19.1 Å². The molecule has 1 aromatic heterocycles. The van der Waals surface area contributed by atoms with Gasteiger partial charge in [-0.1, -0.05) is 42.1 Å². The highest BCUT2D eigenvalue weighted by Crippen LogP contribution is 2.39. The van der Waals surface area contributed by atoms with Gasteiger partial charge in [0.25, 0.3) is 0 Å². The predicted molar refractivity (Wildman–Crippen MR) is 120 cm³/mol. The third kappa shape index (κ3) is 3.98. The normalized spacial score (nSPS) is 18.7. The molecule has 32 heavy (non-hydrogen) atoms. The minimum atomic E-state index is -3.72. The molecule has 1 atom stereocenters. The summed E-state index contributed by atoms with van der Waals surface area (Å²) < 4.78 is 41.6. The Morgan fingerprint density at radius 3 is 2.66 bits per heavy atom. The number of fused-ring (bicyclic) bond motifs is 1. The van der Waals surface area contributed by atoms with Crippen molar-refractivity contribution in [2.24, 2.45) is 7.05 Å².